The molecule has 7 nitrogen and oxygen atoms in total. The van der Waals surface area contributed by atoms with Gasteiger partial charge in [-0.25, -0.2) is 10.6 Å². The maximum absolute atomic E-state index is 9.13. The predicted octanol–water partition coefficient (Wildman–Crippen LogP) is -0.0639. The number of nitrogens with zero attached hydrogens (tertiary/aromatic N) is 2. The summed E-state index contributed by atoms with van der Waals surface area (Å²) in [5.74, 6) is 5.07. The Kier molecular flexibility index (Phi) is 5.66. The molecule has 1 heterocycles. The van der Waals surface area contributed by atoms with Gasteiger partial charge in [0.1, 0.15) is 5.88 Å². The van der Waals surface area contributed by atoms with Gasteiger partial charge in [-0.3, -0.25) is 5.43 Å². The second-order valence-corrected chi connectivity index (χ2v) is 1.68. The van der Waals surface area contributed by atoms with Gasteiger partial charge in [-0.05, 0) is 0 Å². The van der Waals surface area contributed by atoms with Crippen molar-refractivity contribution in [2.45, 2.75) is 5.88 Å². The molecule has 1 aromatic heterocycles. The molecule has 1 rings (SSSR count). The van der Waals surface area contributed by atoms with Crippen molar-refractivity contribution >= 4 is 17.7 Å². The summed E-state index contributed by atoms with van der Waals surface area (Å²) >= 11 is 5.27. The molecular weight excluding hydrogens is 188 g/mol. The number of carbonyl (C=O) groups is 1. The number of rotatable bonds is 1. The van der Waals surface area contributed by atoms with Gasteiger partial charge in [0.15, 0.2) is 0 Å². The zero-order valence-corrected chi connectivity index (χ0v) is 6.65. The van der Waals surface area contributed by atoms with Crippen LogP contribution in [0.2, 0.25) is 0 Å². The fourth-order valence-corrected chi connectivity index (χ4v) is 0.371. The molecular formula is C4H7ClN4O3. The summed E-state index contributed by atoms with van der Waals surface area (Å²) < 4.78 is 4.63. The van der Waals surface area contributed by atoms with Crippen LogP contribution in [0.1, 0.15) is 5.89 Å². The van der Waals surface area contributed by atoms with Gasteiger partial charge in [-0.1, -0.05) is 0 Å². The van der Waals surface area contributed by atoms with Crippen molar-refractivity contribution in [1.29, 1.82) is 0 Å². The number of hydrazine groups is 1. The van der Waals surface area contributed by atoms with Crippen molar-refractivity contribution < 1.29 is 14.3 Å². The summed E-state index contributed by atoms with van der Waals surface area (Å²) in [4.78, 5) is 9.13. The number of nitrogens with one attached hydrogen (secondary N) is 1. The molecule has 12 heavy (non-hydrogen) atoms. The topological polar surface area (TPSA) is 114 Å². The highest BCUT2D eigenvalue weighted by molar-refractivity contribution is 6.16. The Morgan fingerprint density at radius 1 is 1.92 bits per heavy atom. The van der Waals surface area contributed by atoms with E-state index in [1.165, 1.54) is 11.8 Å². The molecule has 1 amide bonds. The Labute approximate surface area is 72.5 Å². The quantitative estimate of drug-likeness (QED) is 0.250. The fourth-order valence-electron chi connectivity index (χ4n) is 0.254. The predicted molar refractivity (Wildman–Crippen MR) is 39.2 cm³/mol. The van der Waals surface area contributed by atoms with E-state index in [1.54, 1.807) is 0 Å². The smallest absolute Gasteiger partial charge is 0.418 e. The molecule has 8 heteroatoms. The van der Waals surface area contributed by atoms with Gasteiger partial charge in [-0.2, -0.15) is 0 Å². The minimum atomic E-state index is -1.22. The van der Waals surface area contributed by atoms with Crippen LogP contribution in [-0.2, 0) is 5.88 Å². The first-order valence-electron chi connectivity index (χ1n) is 2.71. The molecule has 0 spiro atoms. The van der Waals surface area contributed by atoms with Crippen LogP contribution in [-0.4, -0.2) is 21.4 Å². The number of halogens is 1. The molecule has 0 unspecified atom stereocenters. The van der Waals surface area contributed by atoms with Gasteiger partial charge in [0.25, 0.3) is 0 Å². The van der Waals surface area contributed by atoms with Crippen LogP contribution in [0.5, 0.6) is 0 Å². The summed E-state index contributed by atoms with van der Waals surface area (Å²) in [5.41, 5.74) is 1.44. The molecule has 4 N–H and O–H groups in total. The number of hydrogen-bond acceptors (Lipinski definition) is 5. The number of amides is 1. The van der Waals surface area contributed by atoms with Crippen LogP contribution >= 0.6 is 11.6 Å². The van der Waals surface area contributed by atoms with E-state index < -0.39 is 6.09 Å². The van der Waals surface area contributed by atoms with Crippen LogP contribution in [0.4, 0.5) is 4.79 Å². The van der Waals surface area contributed by atoms with E-state index in [0.717, 1.165) is 0 Å². The first kappa shape index (κ1) is 10.7. The average Bonchev–Trinajstić information content (AvgIpc) is 2.57. The Bertz CT molecular complexity index is 214. The molecule has 0 aliphatic carbocycles. The zero-order chi connectivity index (χ0) is 9.40. The van der Waals surface area contributed by atoms with Gasteiger partial charge in [-0.15, -0.1) is 21.8 Å². The van der Waals surface area contributed by atoms with Crippen molar-refractivity contribution in [3.05, 3.63) is 12.3 Å². The van der Waals surface area contributed by atoms with Crippen molar-refractivity contribution in [2.24, 2.45) is 5.84 Å². The summed E-state index contributed by atoms with van der Waals surface area (Å²) in [6.07, 6.45) is 0.0301. The lowest BCUT2D eigenvalue weighted by atomic mass is 10.8. The lowest BCUT2D eigenvalue weighted by Gasteiger charge is -1.79. The second kappa shape index (κ2) is 6.38. The fraction of sp³-hybridized carbons (Fsp3) is 0.250. The van der Waals surface area contributed by atoms with E-state index in [-0.39, 0.29) is 0 Å². The van der Waals surface area contributed by atoms with Gasteiger partial charge in [0.2, 0.25) is 12.3 Å². The maximum Gasteiger partial charge on any atom is 0.418 e. The molecule has 0 bridgehead atoms. The number of aromatic nitrogens is 2. The standard InChI is InChI=1S/C3H3ClN2O.CH4N2O2/c4-1-3-6-5-2-7-3;2-3-1(4)5/h2H,1H2;3H,2H2,(H,4,5). The van der Waals surface area contributed by atoms with Crippen molar-refractivity contribution in [2.75, 3.05) is 0 Å². The highest BCUT2D eigenvalue weighted by atomic mass is 35.5. The minimum absolute atomic E-state index is 0.292. The van der Waals surface area contributed by atoms with Crippen LogP contribution in [0.15, 0.2) is 10.8 Å². The SMILES string of the molecule is ClCc1nnco1.NNC(=O)O. The highest BCUT2D eigenvalue weighted by Crippen LogP contribution is 1.94. The lowest BCUT2D eigenvalue weighted by molar-refractivity contribution is 0.194. The number of alkyl halides is 1. The molecule has 0 saturated heterocycles. The normalized spacial score (nSPS) is 8.17. The van der Waals surface area contributed by atoms with E-state index >= 15 is 0 Å². The van der Waals surface area contributed by atoms with Crippen molar-refractivity contribution in [1.82, 2.24) is 15.6 Å². The summed E-state index contributed by atoms with van der Waals surface area (Å²) in [5, 5.41) is 14.4. The number of hydrogen-bond donors (Lipinski definition) is 3. The van der Waals surface area contributed by atoms with Gasteiger partial charge in [0.05, 0.1) is 0 Å². The average molecular weight is 195 g/mol. The number of nitrogens with two attached hydrogens (primary N) is 1. The van der Waals surface area contributed by atoms with Crippen LogP contribution in [0.3, 0.4) is 0 Å². The van der Waals surface area contributed by atoms with Crippen molar-refractivity contribution in [3.8, 4) is 0 Å². The molecule has 0 atom stereocenters. The molecule has 0 saturated carbocycles. The van der Waals surface area contributed by atoms with E-state index in [9.17, 15) is 0 Å². The molecule has 0 radical (unpaired) electrons. The summed E-state index contributed by atoms with van der Waals surface area (Å²) in [7, 11) is 0. The van der Waals surface area contributed by atoms with Gasteiger partial charge in [0, 0.05) is 0 Å². The molecule has 0 fully saturated rings. The second-order valence-electron chi connectivity index (χ2n) is 1.42. The number of carboxylic acid groups (broad SMARTS) is 1. The van der Waals surface area contributed by atoms with E-state index in [1.807, 2.05) is 0 Å². The van der Waals surface area contributed by atoms with Crippen LogP contribution < -0.4 is 11.3 Å². The first-order valence-corrected chi connectivity index (χ1v) is 3.24. The Hall–Kier alpha value is -1.34. The third-order valence-electron chi connectivity index (χ3n) is 0.643. The van der Waals surface area contributed by atoms with Gasteiger partial charge < -0.3 is 9.52 Å². The lowest BCUT2D eigenvalue weighted by Crippen LogP contribution is -2.27. The first-order chi connectivity index (χ1) is 5.70. The van der Waals surface area contributed by atoms with E-state index in [0.29, 0.717) is 11.8 Å². The zero-order valence-electron chi connectivity index (χ0n) is 5.90. The Balaban J connectivity index is 0.000000217. The van der Waals surface area contributed by atoms with Crippen molar-refractivity contribution in [3.63, 3.8) is 0 Å². The van der Waals surface area contributed by atoms with Crippen LogP contribution in [0, 0.1) is 0 Å². The van der Waals surface area contributed by atoms with E-state index in [2.05, 4.69) is 20.5 Å². The minimum Gasteiger partial charge on any atom is -0.464 e. The van der Waals surface area contributed by atoms with Gasteiger partial charge >= 0.3 is 6.09 Å². The van der Waals surface area contributed by atoms with E-state index in [4.69, 9.17) is 21.5 Å². The molecule has 0 aliphatic heterocycles. The van der Waals surface area contributed by atoms with Crippen LogP contribution in [0.25, 0.3) is 0 Å². The third-order valence-corrected chi connectivity index (χ3v) is 0.872. The molecule has 68 valence electrons. The maximum atomic E-state index is 9.13. The monoisotopic (exact) mass is 194 g/mol. The summed E-state index contributed by atoms with van der Waals surface area (Å²) in [6, 6.07) is 0. The largest absolute Gasteiger partial charge is 0.464 e. The highest BCUT2D eigenvalue weighted by Gasteiger charge is 1.90. The Morgan fingerprint density at radius 3 is 2.67 bits per heavy atom. The summed E-state index contributed by atoms with van der Waals surface area (Å²) in [6.45, 7) is 0. The third kappa shape index (κ3) is 5.45. The molecule has 0 aliphatic rings. The molecule has 0 aromatic carbocycles. The molecule has 1 aromatic rings. The Morgan fingerprint density at radius 2 is 2.50 bits per heavy atom.